The molecule has 2 unspecified atom stereocenters. The van der Waals surface area contributed by atoms with Crippen LogP contribution in [-0.4, -0.2) is 81.1 Å². The molecule has 6 nitrogen and oxygen atoms in total. The standard InChI is InChI=1S/C19H26N2O4S/c1-25-10-9-20-7-8-21(18-13-26(23,24)12-17(18)20)19(22)16-6-5-14-3-2-4-15(14)11-16/h5-6,11,17-18H,2-4,7-10,12-13H2,1H3. The molecule has 0 aromatic heterocycles. The van der Waals surface area contributed by atoms with Crippen LogP contribution in [0.1, 0.15) is 27.9 Å². The molecule has 4 rings (SSSR count). The average molecular weight is 378 g/mol. The van der Waals surface area contributed by atoms with Crippen LogP contribution in [0, 0.1) is 0 Å². The molecule has 0 N–H and O–H groups in total. The van der Waals surface area contributed by atoms with Gasteiger partial charge >= 0.3 is 0 Å². The highest BCUT2D eigenvalue weighted by Gasteiger charge is 2.47. The van der Waals surface area contributed by atoms with Crippen LogP contribution in [0.25, 0.3) is 0 Å². The molecule has 0 bridgehead atoms. The largest absolute Gasteiger partial charge is 0.383 e. The van der Waals surface area contributed by atoms with Crippen molar-refractivity contribution in [3.8, 4) is 0 Å². The van der Waals surface area contributed by atoms with E-state index in [0.29, 0.717) is 31.8 Å². The third-order valence-electron chi connectivity index (χ3n) is 5.98. The molecule has 0 spiro atoms. The summed E-state index contributed by atoms with van der Waals surface area (Å²) in [4.78, 5) is 17.1. The number of carbonyl (C=O) groups excluding carboxylic acids is 1. The highest BCUT2D eigenvalue weighted by Crippen LogP contribution is 2.29. The molecule has 0 saturated carbocycles. The van der Waals surface area contributed by atoms with E-state index < -0.39 is 9.84 Å². The number of hydrogen-bond donors (Lipinski definition) is 0. The first kappa shape index (κ1) is 17.9. The van der Waals surface area contributed by atoms with Crippen molar-refractivity contribution < 1.29 is 17.9 Å². The quantitative estimate of drug-likeness (QED) is 0.773. The topological polar surface area (TPSA) is 66.9 Å². The molecule has 1 amide bonds. The second-order valence-electron chi connectivity index (χ2n) is 7.58. The number of ether oxygens (including phenoxy) is 1. The lowest BCUT2D eigenvalue weighted by molar-refractivity contribution is 0.0247. The van der Waals surface area contributed by atoms with Gasteiger partial charge < -0.3 is 9.64 Å². The number of fused-ring (bicyclic) bond motifs is 2. The third kappa shape index (κ3) is 3.28. The van der Waals surface area contributed by atoms with Gasteiger partial charge in [0.2, 0.25) is 0 Å². The lowest BCUT2D eigenvalue weighted by Crippen LogP contribution is -2.61. The third-order valence-corrected chi connectivity index (χ3v) is 7.68. The highest BCUT2D eigenvalue weighted by molar-refractivity contribution is 7.91. The molecule has 1 aromatic carbocycles. The van der Waals surface area contributed by atoms with Crippen molar-refractivity contribution in [1.29, 1.82) is 0 Å². The second kappa shape index (κ2) is 6.94. The van der Waals surface area contributed by atoms with Crippen molar-refractivity contribution >= 4 is 15.7 Å². The maximum atomic E-state index is 13.2. The van der Waals surface area contributed by atoms with E-state index in [1.54, 1.807) is 12.0 Å². The molecule has 2 aliphatic heterocycles. The first-order valence-corrected chi connectivity index (χ1v) is 11.2. The molecule has 2 fully saturated rings. The number of benzene rings is 1. The van der Waals surface area contributed by atoms with E-state index in [9.17, 15) is 13.2 Å². The minimum atomic E-state index is -3.12. The SMILES string of the molecule is COCCN1CCN(C(=O)c2ccc3c(c2)CCC3)C2CS(=O)(=O)CC21. The van der Waals surface area contributed by atoms with Crippen LogP contribution in [0.4, 0.5) is 0 Å². The van der Waals surface area contributed by atoms with Crippen LogP contribution >= 0.6 is 0 Å². The molecular weight excluding hydrogens is 352 g/mol. The number of sulfone groups is 1. The van der Waals surface area contributed by atoms with Crippen LogP contribution < -0.4 is 0 Å². The summed E-state index contributed by atoms with van der Waals surface area (Å²) in [5.41, 5.74) is 3.30. The summed E-state index contributed by atoms with van der Waals surface area (Å²) < 4.78 is 29.7. The van der Waals surface area contributed by atoms with E-state index in [1.165, 1.54) is 11.1 Å². The average Bonchev–Trinajstić information content (AvgIpc) is 3.21. The summed E-state index contributed by atoms with van der Waals surface area (Å²) in [7, 11) is -1.47. The smallest absolute Gasteiger partial charge is 0.254 e. The van der Waals surface area contributed by atoms with Gasteiger partial charge in [0.15, 0.2) is 9.84 Å². The Bertz CT molecular complexity index is 808. The van der Waals surface area contributed by atoms with Crippen molar-refractivity contribution in [2.75, 3.05) is 44.9 Å². The number of methoxy groups -OCH3 is 1. The Balaban J connectivity index is 1.57. The summed E-state index contributed by atoms with van der Waals surface area (Å²) in [5.74, 6) is 0.172. The summed E-state index contributed by atoms with van der Waals surface area (Å²) in [6, 6.07) is 5.60. The Morgan fingerprint density at radius 1 is 1.15 bits per heavy atom. The molecule has 142 valence electrons. The molecule has 26 heavy (non-hydrogen) atoms. The molecular formula is C19H26N2O4S. The predicted molar refractivity (Wildman–Crippen MR) is 99.2 cm³/mol. The molecule has 2 atom stereocenters. The normalized spacial score (nSPS) is 27.3. The number of piperazine rings is 1. The van der Waals surface area contributed by atoms with Gasteiger partial charge in [-0.3, -0.25) is 9.69 Å². The molecule has 0 radical (unpaired) electrons. The van der Waals surface area contributed by atoms with E-state index in [-0.39, 0.29) is 29.5 Å². The fourth-order valence-corrected chi connectivity index (χ4v) is 6.65. The zero-order valence-electron chi connectivity index (χ0n) is 15.2. The Morgan fingerprint density at radius 3 is 2.73 bits per heavy atom. The van der Waals surface area contributed by atoms with Crippen LogP contribution in [-0.2, 0) is 27.4 Å². The van der Waals surface area contributed by atoms with E-state index >= 15 is 0 Å². The van der Waals surface area contributed by atoms with Crippen molar-refractivity contribution in [3.05, 3.63) is 34.9 Å². The maximum Gasteiger partial charge on any atom is 0.254 e. The van der Waals surface area contributed by atoms with Crippen molar-refractivity contribution in [3.63, 3.8) is 0 Å². The summed E-state index contributed by atoms with van der Waals surface area (Å²) in [6.07, 6.45) is 3.26. The first-order valence-electron chi connectivity index (χ1n) is 9.35. The monoisotopic (exact) mass is 378 g/mol. The number of carbonyl (C=O) groups is 1. The van der Waals surface area contributed by atoms with Gasteiger partial charge in [-0.05, 0) is 42.5 Å². The minimum absolute atomic E-state index is 0.0295. The van der Waals surface area contributed by atoms with Gasteiger partial charge in [0.25, 0.3) is 5.91 Å². The Hall–Kier alpha value is -1.44. The van der Waals surface area contributed by atoms with Gasteiger partial charge in [-0.1, -0.05) is 6.07 Å². The maximum absolute atomic E-state index is 13.2. The summed E-state index contributed by atoms with van der Waals surface area (Å²) in [6.45, 7) is 2.53. The van der Waals surface area contributed by atoms with Crippen LogP contribution in [0.2, 0.25) is 0 Å². The molecule has 2 heterocycles. The second-order valence-corrected chi connectivity index (χ2v) is 9.73. The van der Waals surface area contributed by atoms with Crippen LogP contribution in [0.15, 0.2) is 18.2 Å². The fourth-order valence-electron chi connectivity index (χ4n) is 4.63. The number of nitrogens with zero attached hydrogens (tertiary/aromatic N) is 2. The van der Waals surface area contributed by atoms with E-state index in [4.69, 9.17) is 4.74 Å². The zero-order valence-corrected chi connectivity index (χ0v) is 16.0. The lowest BCUT2D eigenvalue weighted by Gasteiger charge is -2.43. The van der Waals surface area contributed by atoms with Crippen molar-refractivity contribution in [2.45, 2.75) is 31.3 Å². The van der Waals surface area contributed by atoms with Crippen molar-refractivity contribution in [1.82, 2.24) is 9.80 Å². The molecule has 2 saturated heterocycles. The number of amides is 1. The van der Waals surface area contributed by atoms with Gasteiger partial charge in [-0.2, -0.15) is 0 Å². The number of hydrogen-bond acceptors (Lipinski definition) is 5. The number of rotatable bonds is 4. The summed E-state index contributed by atoms with van der Waals surface area (Å²) in [5, 5.41) is 0. The Kier molecular flexibility index (Phi) is 4.79. The summed E-state index contributed by atoms with van der Waals surface area (Å²) >= 11 is 0. The van der Waals surface area contributed by atoms with Gasteiger partial charge in [-0.15, -0.1) is 0 Å². The van der Waals surface area contributed by atoms with E-state index in [0.717, 1.165) is 19.3 Å². The minimum Gasteiger partial charge on any atom is -0.383 e. The van der Waals surface area contributed by atoms with Crippen molar-refractivity contribution in [2.24, 2.45) is 0 Å². The Labute approximate surface area is 155 Å². The van der Waals surface area contributed by atoms with E-state index in [1.807, 2.05) is 12.1 Å². The van der Waals surface area contributed by atoms with Crippen LogP contribution in [0.5, 0.6) is 0 Å². The molecule has 3 aliphatic rings. The van der Waals surface area contributed by atoms with Gasteiger partial charge in [0.1, 0.15) is 0 Å². The molecule has 1 aliphatic carbocycles. The zero-order chi connectivity index (χ0) is 18.3. The van der Waals surface area contributed by atoms with Gasteiger partial charge in [0, 0.05) is 38.3 Å². The number of aryl methyl sites for hydroxylation is 2. The predicted octanol–water partition coefficient (Wildman–Crippen LogP) is 0.745. The molecule has 7 heteroatoms. The highest BCUT2D eigenvalue weighted by atomic mass is 32.2. The van der Waals surface area contributed by atoms with E-state index in [2.05, 4.69) is 11.0 Å². The van der Waals surface area contributed by atoms with Crippen LogP contribution in [0.3, 0.4) is 0 Å². The Morgan fingerprint density at radius 2 is 1.92 bits per heavy atom. The van der Waals surface area contributed by atoms with Gasteiger partial charge in [-0.25, -0.2) is 8.42 Å². The first-order chi connectivity index (χ1) is 12.5. The fraction of sp³-hybridized carbons (Fsp3) is 0.632. The molecule has 1 aromatic rings. The lowest BCUT2D eigenvalue weighted by atomic mass is 10.0. The van der Waals surface area contributed by atoms with Gasteiger partial charge in [0.05, 0.1) is 24.2 Å².